The lowest BCUT2D eigenvalue weighted by Gasteiger charge is -2.40. The van der Waals surface area contributed by atoms with Crippen molar-refractivity contribution in [2.45, 2.75) is 71.0 Å². The van der Waals surface area contributed by atoms with E-state index in [9.17, 15) is 10.2 Å². The van der Waals surface area contributed by atoms with Crippen LogP contribution in [0.15, 0.2) is 42.5 Å². The van der Waals surface area contributed by atoms with Crippen LogP contribution < -0.4 is 9.47 Å². The molecule has 3 rings (SSSR count). The first-order chi connectivity index (χ1) is 14.2. The van der Waals surface area contributed by atoms with Crippen LogP contribution in [0.5, 0.6) is 17.2 Å². The Morgan fingerprint density at radius 1 is 1.24 bits per heavy atom. The van der Waals surface area contributed by atoms with Crippen molar-refractivity contribution in [3.63, 3.8) is 0 Å². The molecule has 2 unspecified atom stereocenters. The minimum atomic E-state index is -0.909. The van der Waals surface area contributed by atoms with E-state index >= 15 is 0 Å². The van der Waals surface area contributed by atoms with Crippen molar-refractivity contribution in [1.29, 1.82) is 0 Å². The Hall–Kier alpha value is -2.20. The van der Waals surface area contributed by atoms with Crippen molar-refractivity contribution < 1.29 is 21.1 Å². The largest absolute Gasteiger partial charge is 0.507 e. The molecule has 0 bridgehead atoms. The molecule has 1 aliphatic heterocycles. The van der Waals surface area contributed by atoms with Gasteiger partial charge >= 0.3 is 0 Å². The number of fused-ring (bicyclic) bond motifs is 1. The third-order valence-electron chi connectivity index (χ3n) is 5.66. The number of hydrogen-bond acceptors (Lipinski definition) is 4. The Morgan fingerprint density at radius 3 is 2.72 bits per heavy atom. The Kier molecular flexibility index (Phi) is 6.60. The molecule has 0 saturated heterocycles. The molecule has 0 aromatic heterocycles. The molecule has 158 valence electrons. The maximum absolute atomic E-state index is 10.6. The van der Waals surface area contributed by atoms with Crippen molar-refractivity contribution in [2.24, 2.45) is 5.89 Å². The van der Waals surface area contributed by atoms with Gasteiger partial charge in [0.05, 0.1) is 6.10 Å². The highest BCUT2D eigenvalue weighted by atomic mass is 16.5. The first-order valence-corrected chi connectivity index (χ1v) is 10.6. The van der Waals surface area contributed by atoms with Crippen molar-refractivity contribution in [3.8, 4) is 17.2 Å². The molecule has 4 nitrogen and oxygen atoms in total. The number of hydrogen-bond donors (Lipinski definition) is 2. The lowest BCUT2D eigenvalue weighted by Crippen LogP contribution is -2.42. The molecule has 0 aliphatic carbocycles. The zero-order valence-electron chi connectivity index (χ0n) is 18.8. The average molecular weight is 400 g/mol. The van der Waals surface area contributed by atoms with Gasteiger partial charge < -0.3 is 19.7 Å². The van der Waals surface area contributed by atoms with E-state index in [1.807, 2.05) is 32.9 Å². The van der Waals surface area contributed by atoms with E-state index < -0.39 is 11.5 Å². The first kappa shape index (κ1) is 20.1. The molecule has 0 amide bonds. The zero-order chi connectivity index (χ0) is 21.8. The second-order valence-corrected chi connectivity index (χ2v) is 8.45. The molecular formula is C25H34O4. The normalized spacial score (nSPS) is 21.6. The molecule has 2 N–H and O–H groups in total. The predicted octanol–water partition coefficient (Wildman–Crippen LogP) is 5.28. The minimum Gasteiger partial charge on any atom is -0.507 e. The molecule has 2 atom stereocenters. The summed E-state index contributed by atoms with van der Waals surface area (Å²) < 4.78 is 21.1. The number of aromatic hydroxyl groups is 1. The first-order valence-electron chi connectivity index (χ1n) is 11.1. The van der Waals surface area contributed by atoms with Crippen LogP contribution in [-0.2, 0) is 12.8 Å². The smallest absolute Gasteiger partial charge is 0.130 e. The maximum Gasteiger partial charge on any atom is 0.130 e. The number of aryl methyl sites for hydroxylation is 1. The van der Waals surface area contributed by atoms with Gasteiger partial charge in [0.25, 0.3) is 0 Å². The van der Waals surface area contributed by atoms with Crippen LogP contribution in [0.25, 0.3) is 0 Å². The lowest BCUT2D eigenvalue weighted by molar-refractivity contribution is 0.0188. The molecule has 0 saturated carbocycles. The third-order valence-corrected chi connectivity index (χ3v) is 5.66. The SMILES string of the molecule is [2H]C1(CCCO)Cc2c(O)cc(OC(C)CCCc3ccccc3)cc2OC1(C)C. The molecule has 29 heavy (non-hydrogen) atoms. The van der Waals surface area contributed by atoms with E-state index in [1.165, 1.54) is 5.56 Å². The molecule has 0 radical (unpaired) electrons. The Bertz CT molecular complexity index is 837. The molecule has 2 aromatic rings. The molecule has 0 fully saturated rings. The third kappa shape index (κ3) is 5.66. The second kappa shape index (κ2) is 9.53. The van der Waals surface area contributed by atoms with Crippen molar-refractivity contribution in [1.82, 2.24) is 0 Å². The van der Waals surface area contributed by atoms with Gasteiger partial charge in [-0.15, -0.1) is 0 Å². The molecule has 2 aromatic carbocycles. The van der Waals surface area contributed by atoms with E-state index in [1.54, 1.807) is 6.07 Å². The fraction of sp³-hybridized carbons (Fsp3) is 0.520. The van der Waals surface area contributed by atoms with Crippen molar-refractivity contribution in [2.75, 3.05) is 6.61 Å². The van der Waals surface area contributed by atoms with Crippen LogP contribution in [-0.4, -0.2) is 28.5 Å². The van der Waals surface area contributed by atoms with Crippen molar-refractivity contribution in [3.05, 3.63) is 53.6 Å². The number of phenols is 1. The monoisotopic (exact) mass is 399 g/mol. The van der Waals surface area contributed by atoms with Gasteiger partial charge in [0, 0.05) is 31.6 Å². The zero-order valence-corrected chi connectivity index (χ0v) is 17.8. The van der Waals surface area contributed by atoms with Crippen LogP contribution in [0.3, 0.4) is 0 Å². The van der Waals surface area contributed by atoms with Crippen LogP contribution in [0.2, 0.25) is 0 Å². The Morgan fingerprint density at radius 2 is 2.00 bits per heavy atom. The molecule has 0 spiro atoms. The maximum atomic E-state index is 10.6. The van der Waals surface area contributed by atoms with Gasteiger partial charge in [-0.1, -0.05) is 30.3 Å². The van der Waals surface area contributed by atoms with Crippen LogP contribution >= 0.6 is 0 Å². The van der Waals surface area contributed by atoms with E-state index in [2.05, 4.69) is 24.3 Å². The summed E-state index contributed by atoms with van der Waals surface area (Å²) in [4.78, 5) is 0. The van der Waals surface area contributed by atoms with Crippen LogP contribution in [0.1, 0.15) is 59.0 Å². The highest BCUT2D eigenvalue weighted by molar-refractivity contribution is 5.51. The number of rotatable bonds is 9. The number of aliphatic hydroxyl groups is 1. The van der Waals surface area contributed by atoms with E-state index in [-0.39, 0.29) is 18.5 Å². The van der Waals surface area contributed by atoms with Gasteiger partial charge in [0.2, 0.25) is 0 Å². The molecule has 1 heterocycles. The van der Waals surface area contributed by atoms with E-state index in [0.717, 1.165) is 19.3 Å². The van der Waals surface area contributed by atoms with Gasteiger partial charge in [-0.05, 0) is 64.9 Å². The molecular weight excluding hydrogens is 364 g/mol. The Labute approximate surface area is 175 Å². The predicted molar refractivity (Wildman–Crippen MR) is 116 cm³/mol. The summed E-state index contributed by atoms with van der Waals surface area (Å²) >= 11 is 0. The number of aliphatic hydroxyl groups excluding tert-OH is 1. The Balaban J connectivity index is 1.65. The topological polar surface area (TPSA) is 58.9 Å². The van der Waals surface area contributed by atoms with E-state index in [4.69, 9.17) is 10.8 Å². The minimum absolute atomic E-state index is 0.0163. The van der Waals surface area contributed by atoms with Gasteiger partial charge in [-0.2, -0.15) is 0 Å². The quantitative estimate of drug-likeness (QED) is 0.602. The summed E-state index contributed by atoms with van der Waals surface area (Å²) in [7, 11) is 0. The number of benzene rings is 2. The highest BCUT2D eigenvalue weighted by Gasteiger charge is 2.37. The van der Waals surface area contributed by atoms with Crippen LogP contribution in [0, 0.1) is 5.89 Å². The standard InChI is InChI=1S/C25H34O4/c1-18(9-7-12-19-10-5-4-6-11-19)28-21-16-23(27)22-15-20(13-8-14-26)25(2,3)29-24(22)17-21/h4-6,10-11,16-18,20,26-27H,7-9,12-15H2,1-3H3/i20D. The van der Waals surface area contributed by atoms with Crippen molar-refractivity contribution >= 4 is 0 Å². The average Bonchev–Trinajstić information content (AvgIpc) is 2.69. The fourth-order valence-electron chi connectivity index (χ4n) is 3.93. The number of phenolic OH excluding ortho intramolecular Hbond substituents is 1. The van der Waals surface area contributed by atoms with Gasteiger partial charge in [-0.3, -0.25) is 0 Å². The molecule has 1 aliphatic rings. The summed E-state index contributed by atoms with van der Waals surface area (Å²) in [5, 5.41) is 19.8. The summed E-state index contributed by atoms with van der Waals surface area (Å²) in [6.07, 6.45) is 4.39. The van der Waals surface area contributed by atoms with Gasteiger partial charge in [-0.25, -0.2) is 0 Å². The second-order valence-electron chi connectivity index (χ2n) is 8.45. The van der Waals surface area contributed by atoms with Crippen LogP contribution in [0.4, 0.5) is 0 Å². The fourth-order valence-corrected chi connectivity index (χ4v) is 3.93. The summed E-state index contributed by atoms with van der Waals surface area (Å²) in [5.41, 5.74) is 1.24. The highest BCUT2D eigenvalue weighted by Crippen LogP contribution is 2.44. The van der Waals surface area contributed by atoms with Gasteiger partial charge in [0.1, 0.15) is 22.8 Å². The van der Waals surface area contributed by atoms with Gasteiger partial charge in [0.15, 0.2) is 0 Å². The van der Waals surface area contributed by atoms with E-state index in [0.29, 0.717) is 36.3 Å². The number of ether oxygens (including phenoxy) is 2. The lowest BCUT2D eigenvalue weighted by atomic mass is 9.79. The summed E-state index contributed by atoms with van der Waals surface area (Å²) in [5.74, 6) is 0.364. The molecule has 4 heteroatoms. The summed E-state index contributed by atoms with van der Waals surface area (Å²) in [6.45, 7) is 5.88. The summed E-state index contributed by atoms with van der Waals surface area (Å²) in [6, 6.07) is 13.9.